The number of anilines is 1. The molecule has 1 aromatic carbocycles. The fourth-order valence-corrected chi connectivity index (χ4v) is 3.44. The van der Waals surface area contributed by atoms with Crippen molar-refractivity contribution >= 4 is 21.4 Å². The lowest BCUT2D eigenvalue weighted by Gasteiger charge is -2.19. The molecule has 1 aromatic rings. The Kier molecular flexibility index (Phi) is 3.75. The van der Waals surface area contributed by atoms with Gasteiger partial charge in [-0.05, 0) is 19.1 Å². The van der Waals surface area contributed by atoms with Gasteiger partial charge < -0.3 is 4.90 Å². The summed E-state index contributed by atoms with van der Waals surface area (Å²) in [5.74, 6) is -0.235. The van der Waals surface area contributed by atoms with E-state index in [-0.39, 0.29) is 24.0 Å². The zero-order chi connectivity index (χ0) is 14.0. The summed E-state index contributed by atoms with van der Waals surface area (Å²) in [6.45, 7) is 1.99. The van der Waals surface area contributed by atoms with Crippen molar-refractivity contribution in [2.45, 2.75) is 13.3 Å². The van der Waals surface area contributed by atoms with Crippen LogP contribution in [0.1, 0.15) is 12.0 Å². The Morgan fingerprint density at radius 1 is 1.32 bits per heavy atom. The van der Waals surface area contributed by atoms with Gasteiger partial charge in [0.15, 0.2) is 9.84 Å². The first kappa shape index (κ1) is 13.8. The molecule has 19 heavy (non-hydrogen) atoms. The molecular weight excluding hydrogens is 262 g/mol. The number of hydrogen-bond acceptors (Lipinski definition) is 3. The maximum atomic E-state index is 12.1. The summed E-state index contributed by atoms with van der Waals surface area (Å²) >= 11 is 0. The molecular formula is C14H17NO3S. The van der Waals surface area contributed by atoms with Crippen LogP contribution in [0.4, 0.5) is 5.69 Å². The third kappa shape index (κ3) is 3.44. The van der Waals surface area contributed by atoms with Crippen LogP contribution in [-0.4, -0.2) is 27.1 Å². The van der Waals surface area contributed by atoms with Crippen molar-refractivity contribution in [1.82, 2.24) is 0 Å². The van der Waals surface area contributed by atoms with Crippen LogP contribution in [-0.2, 0) is 14.6 Å². The Balaban J connectivity index is 2.01. The fraction of sp³-hybridized carbons (Fsp3) is 0.357. The van der Waals surface area contributed by atoms with Crippen molar-refractivity contribution < 1.29 is 13.2 Å². The number of benzene rings is 1. The van der Waals surface area contributed by atoms with Crippen LogP contribution in [0.3, 0.4) is 0 Å². The molecule has 0 bridgehead atoms. The molecule has 0 aromatic heterocycles. The van der Waals surface area contributed by atoms with E-state index in [1.165, 1.54) is 5.41 Å². The average molecular weight is 279 g/mol. The number of rotatable bonds is 3. The van der Waals surface area contributed by atoms with Gasteiger partial charge in [-0.2, -0.15) is 0 Å². The zero-order valence-electron chi connectivity index (χ0n) is 11.0. The van der Waals surface area contributed by atoms with Gasteiger partial charge in [0.2, 0.25) is 5.91 Å². The van der Waals surface area contributed by atoms with E-state index in [1.807, 2.05) is 31.2 Å². The van der Waals surface area contributed by atoms with E-state index in [2.05, 4.69) is 0 Å². The highest BCUT2D eigenvalue weighted by Gasteiger charge is 2.25. The molecule has 1 amide bonds. The zero-order valence-corrected chi connectivity index (χ0v) is 11.9. The molecule has 5 heteroatoms. The van der Waals surface area contributed by atoms with Gasteiger partial charge in [0.05, 0.1) is 5.75 Å². The van der Waals surface area contributed by atoms with E-state index in [4.69, 9.17) is 0 Å². The molecule has 0 saturated heterocycles. The number of allylic oxidation sites excluding steroid dienone is 1. The first-order valence-corrected chi connectivity index (χ1v) is 7.83. The minimum atomic E-state index is -3.09. The van der Waals surface area contributed by atoms with Crippen LogP contribution in [0.25, 0.3) is 0 Å². The van der Waals surface area contributed by atoms with Crippen molar-refractivity contribution in [3.05, 3.63) is 41.3 Å². The lowest BCUT2D eigenvalue weighted by atomic mass is 10.1. The third-order valence-electron chi connectivity index (χ3n) is 3.24. The smallest absolute Gasteiger partial charge is 0.227 e. The predicted octanol–water partition coefficient (Wildman–Crippen LogP) is 1.91. The largest absolute Gasteiger partial charge is 0.315 e. The van der Waals surface area contributed by atoms with Crippen LogP contribution >= 0.6 is 0 Å². The van der Waals surface area contributed by atoms with Crippen LogP contribution < -0.4 is 4.90 Å². The predicted molar refractivity (Wildman–Crippen MR) is 75.6 cm³/mol. The molecule has 0 saturated carbocycles. The van der Waals surface area contributed by atoms with Gasteiger partial charge in [0, 0.05) is 30.5 Å². The Morgan fingerprint density at radius 2 is 1.95 bits per heavy atom. The van der Waals surface area contributed by atoms with E-state index >= 15 is 0 Å². The molecule has 102 valence electrons. The topological polar surface area (TPSA) is 54.5 Å². The SMILES string of the molecule is Cc1ccc(N(C)C(=O)C[C@H]2C=CS(=O)(=O)C2)cc1. The third-order valence-corrected chi connectivity index (χ3v) is 4.70. The molecule has 0 spiro atoms. The normalized spacial score (nSPS) is 20.4. The van der Waals surface area contributed by atoms with Crippen molar-refractivity contribution in [2.75, 3.05) is 17.7 Å². The summed E-state index contributed by atoms with van der Waals surface area (Å²) in [6, 6.07) is 7.65. The summed E-state index contributed by atoms with van der Waals surface area (Å²) in [5, 5.41) is 1.21. The van der Waals surface area contributed by atoms with Gasteiger partial charge in [0.25, 0.3) is 0 Å². The molecule has 1 heterocycles. The maximum Gasteiger partial charge on any atom is 0.227 e. The molecule has 0 N–H and O–H groups in total. The number of carbonyl (C=O) groups is 1. The highest BCUT2D eigenvalue weighted by atomic mass is 32.2. The van der Waals surface area contributed by atoms with Crippen molar-refractivity contribution in [3.63, 3.8) is 0 Å². The molecule has 0 aliphatic carbocycles. The lowest BCUT2D eigenvalue weighted by Crippen LogP contribution is -2.28. The Morgan fingerprint density at radius 3 is 2.47 bits per heavy atom. The van der Waals surface area contributed by atoms with Crippen LogP contribution in [0, 0.1) is 12.8 Å². The van der Waals surface area contributed by atoms with Crippen LogP contribution in [0.2, 0.25) is 0 Å². The summed E-state index contributed by atoms with van der Waals surface area (Å²) in [6.07, 6.45) is 1.83. The number of amides is 1. The second-order valence-electron chi connectivity index (χ2n) is 4.91. The highest BCUT2D eigenvalue weighted by molar-refractivity contribution is 7.94. The summed E-state index contributed by atoms with van der Waals surface area (Å²) in [4.78, 5) is 13.7. The van der Waals surface area contributed by atoms with Gasteiger partial charge >= 0.3 is 0 Å². The standard InChI is InChI=1S/C14H17NO3S/c1-11-3-5-13(6-4-11)15(2)14(16)9-12-7-8-19(17,18)10-12/h3-8,12H,9-10H2,1-2H3/t12-/m1/s1. The summed E-state index contributed by atoms with van der Waals surface area (Å²) in [7, 11) is -1.38. The van der Waals surface area contributed by atoms with Gasteiger partial charge in [-0.15, -0.1) is 0 Å². The second-order valence-corrected chi connectivity index (χ2v) is 6.84. The van der Waals surface area contributed by atoms with Gasteiger partial charge in [-0.1, -0.05) is 23.8 Å². The average Bonchev–Trinajstić information content (AvgIpc) is 2.68. The van der Waals surface area contributed by atoms with E-state index < -0.39 is 9.84 Å². The first-order chi connectivity index (χ1) is 8.87. The number of aryl methyl sites for hydroxylation is 1. The number of carbonyl (C=O) groups excluding carboxylic acids is 1. The van der Waals surface area contributed by atoms with Crippen molar-refractivity contribution in [3.8, 4) is 0 Å². The Bertz CT molecular complexity index is 602. The molecule has 2 rings (SSSR count). The van der Waals surface area contributed by atoms with Crippen LogP contribution in [0.15, 0.2) is 35.7 Å². The van der Waals surface area contributed by atoms with E-state index in [0.717, 1.165) is 11.3 Å². The number of sulfone groups is 1. The maximum absolute atomic E-state index is 12.1. The van der Waals surface area contributed by atoms with Crippen molar-refractivity contribution in [1.29, 1.82) is 0 Å². The highest BCUT2D eigenvalue weighted by Crippen LogP contribution is 2.21. The quantitative estimate of drug-likeness (QED) is 0.849. The second kappa shape index (κ2) is 5.17. The Hall–Kier alpha value is -1.62. The lowest BCUT2D eigenvalue weighted by molar-refractivity contribution is -0.118. The van der Waals surface area contributed by atoms with Crippen LogP contribution in [0.5, 0.6) is 0 Å². The number of hydrogen-bond donors (Lipinski definition) is 0. The van der Waals surface area contributed by atoms with E-state index in [1.54, 1.807) is 18.0 Å². The molecule has 1 aliphatic heterocycles. The van der Waals surface area contributed by atoms with E-state index in [0.29, 0.717) is 0 Å². The van der Waals surface area contributed by atoms with E-state index in [9.17, 15) is 13.2 Å². The summed E-state index contributed by atoms with van der Waals surface area (Å²) < 4.78 is 22.6. The minimum absolute atomic E-state index is 0.0421. The molecule has 0 unspecified atom stereocenters. The summed E-state index contributed by atoms with van der Waals surface area (Å²) in [5.41, 5.74) is 1.95. The van der Waals surface area contributed by atoms with Gasteiger partial charge in [-0.3, -0.25) is 4.79 Å². The first-order valence-electron chi connectivity index (χ1n) is 6.11. The Labute approximate surface area is 113 Å². The number of nitrogens with zero attached hydrogens (tertiary/aromatic N) is 1. The monoisotopic (exact) mass is 279 g/mol. The van der Waals surface area contributed by atoms with Gasteiger partial charge in [-0.25, -0.2) is 8.42 Å². The molecule has 1 aliphatic rings. The van der Waals surface area contributed by atoms with Crippen molar-refractivity contribution in [2.24, 2.45) is 5.92 Å². The minimum Gasteiger partial charge on any atom is -0.315 e. The molecule has 4 nitrogen and oxygen atoms in total. The fourth-order valence-electron chi connectivity index (χ4n) is 2.04. The molecule has 0 fully saturated rings. The molecule has 1 atom stereocenters. The van der Waals surface area contributed by atoms with Gasteiger partial charge in [0.1, 0.15) is 0 Å². The molecule has 0 radical (unpaired) electrons.